The topological polar surface area (TPSA) is 21.3 Å². The van der Waals surface area contributed by atoms with Gasteiger partial charge in [-0.1, -0.05) is 0 Å². The van der Waals surface area contributed by atoms with Gasteiger partial charge in [0.25, 0.3) is 0 Å². The first kappa shape index (κ1) is 6.62. The molecule has 2 rings (SSSR count). The SMILES string of the molecule is C1COCC(C2CNC2)C1. The quantitative estimate of drug-likeness (QED) is 0.578. The molecule has 2 fully saturated rings. The van der Waals surface area contributed by atoms with Crippen molar-refractivity contribution >= 4 is 0 Å². The van der Waals surface area contributed by atoms with Crippen molar-refractivity contribution in [3.8, 4) is 0 Å². The Balaban J connectivity index is 1.78. The highest BCUT2D eigenvalue weighted by atomic mass is 16.5. The summed E-state index contributed by atoms with van der Waals surface area (Å²) in [6.07, 6.45) is 2.67. The van der Waals surface area contributed by atoms with Crippen LogP contribution in [0.2, 0.25) is 0 Å². The maximum atomic E-state index is 5.41. The summed E-state index contributed by atoms with van der Waals surface area (Å²) < 4.78 is 5.41. The van der Waals surface area contributed by atoms with Crippen LogP contribution < -0.4 is 5.32 Å². The van der Waals surface area contributed by atoms with Crippen LogP contribution in [0.4, 0.5) is 0 Å². The van der Waals surface area contributed by atoms with Gasteiger partial charge >= 0.3 is 0 Å². The van der Waals surface area contributed by atoms with Crippen LogP contribution in [0.3, 0.4) is 0 Å². The zero-order valence-electron chi connectivity index (χ0n) is 6.31. The van der Waals surface area contributed by atoms with Gasteiger partial charge in [-0.15, -0.1) is 0 Å². The molecule has 0 aromatic heterocycles. The largest absolute Gasteiger partial charge is 0.381 e. The first-order valence-electron chi connectivity index (χ1n) is 4.25. The molecule has 0 radical (unpaired) electrons. The van der Waals surface area contributed by atoms with Gasteiger partial charge in [0.1, 0.15) is 0 Å². The first-order chi connectivity index (χ1) is 4.97. The van der Waals surface area contributed by atoms with Crippen molar-refractivity contribution in [1.82, 2.24) is 5.32 Å². The van der Waals surface area contributed by atoms with Crippen molar-refractivity contribution in [3.63, 3.8) is 0 Å². The Bertz CT molecular complexity index is 106. The fourth-order valence-corrected chi connectivity index (χ4v) is 1.78. The second-order valence-corrected chi connectivity index (χ2v) is 3.40. The molecule has 2 saturated heterocycles. The third kappa shape index (κ3) is 1.18. The lowest BCUT2D eigenvalue weighted by Gasteiger charge is -2.36. The molecule has 2 nitrogen and oxygen atoms in total. The first-order valence-corrected chi connectivity index (χ1v) is 4.25. The highest BCUT2D eigenvalue weighted by Gasteiger charge is 2.28. The molecule has 2 heterocycles. The monoisotopic (exact) mass is 141 g/mol. The third-order valence-corrected chi connectivity index (χ3v) is 2.68. The van der Waals surface area contributed by atoms with E-state index in [1.165, 1.54) is 25.9 Å². The van der Waals surface area contributed by atoms with Gasteiger partial charge in [0.05, 0.1) is 0 Å². The summed E-state index contributed by atoms with van der Waals surface area (Å²) in [6.45, 7) is 4.48. The summed E-state index contributed by atoms with van der Waals surface area (Å²) >= 11 is 0. The summed E-state index contributed by atoms with van der Waals surface area (Å²) in [7, 11) is 0. The molecule has 1 atom stereocenters. The molecule has 0 bridgehead atoms. The molecule has 2 aliphatic heterocycles. The average Bonchev–Trinajstić information content (AvgIpc) is 1.86. The standard InChI is InChI=1S/C8H15NO/c1-2-7(6-10-3-1)8-4-9-5-8/h7-9H,1-6H2. The van der Waals surface area contributed by atoms with Crippen LogP contribution in [0.25, 0.3) is 0 Å². The molecule has 58 valence electrons. The Hall–Kier alpha value is -0.0800. The van der Waals surface area contributed by atoms with Gasteiger partial charge in [0.2, 0.25) is 0 Å². The fraction of sp³-hybridized carbons (Fsp3) is 1.00. The molecule has 0 spiro atoms. The molecule has 2 heteroatoms. The Morgan fingerprint density at radius 3 is 2.60 bits per heavy atom. The number of hydrogen-bond acceptors (Lipinski definition) is 2. The molecule has 1 unspecified atom stereocenters. The van der Waals surface area contributed by atoms with Crippen molar-refractivity contribution < 1.29 is 4.74 Å². The van der Waals surface area contributed by atoms with E-state index in [0.717, 1.165) is 25.0 Å². The lowest BCUT2D eigenvalue weighted by molar-refractivity contribution is 0.0188. The van der Waals surface area contributed by atoms with Gasteiger partial charge in [0, 0.05) is 13.2 Å². The summed E-state index contributed by atoms with van der Waals surface area (Å²) in [5, 5.41) is 3.30. The van der Waals surface area contributed by atoms with E-state index in [-0.39, 0.29) is 0 Å². The maximum absolute atomic E-state index is 5.41. The van der Waals surface area contributed by atoms with E-state index in [9.17, 15) is 0 Å². The van der Waals surface area contributed by atoms with E-state index in [2.05, 4.69) is 5.32 Å². The Kier molecular flexibility index (Phi) is 1.91. The van der Waals surface area contributed by atoms with Crippen LogP contribution in [0.15, 0.2) is 0 Å². The molecule has 10 heavy (non-hydrogen) atoms. The summed E-state index contributed by atoms with van der Waals surface area (Å²) in [6, 6.07) is 0. The van der Waals surface area contributed by atoms with E-state index in [4.69, 9.17) is 4.74 Å². The lowest BCUT2D eigenvalue weighted by Crippen LogP contribution is -2.48. The molecule has 0 aromatic rings. The second-order valence-electron chi connectivity index (χ2n) is 3.40. The van der Waals surface area contributed by atoms with Gasteiger partial charge in [-0.3, -0.25) is 0 Å². The molecule has 2 aliphatic rings. The third-order valence-electron chi connectivity index (χ3n) is 2.68. The van der Waals surface area contributed by atoms with Crippen molar-refractivity contribution in [2.75, 3.05) is 26.3 Å². The molecule has 0 amide bonds. The van der Waals surface area contributed by atoms with Gasteiger partial charge in [-0.2, -0.15) is 0 Å². The van der Waals surface area contributed by atoms with Crippen LogP contribution in [-0.4, -0.2) is 26.3 Å². The molecular weight excluding hydrogens is 126 g/mol. The summed E-state index contributed by atoms with van der Waals surface area (Å²) in [5.41, 5.74) is 0. The van der Waals surface area contributed by atoms with Crippen LogP contribution >= 0.6 is 0 Å². The van der Waals surface area contributed by atoms with Gasteiger partial charge in [-0.25, -0.2) is 0 Å². The molecule has 0 saturated carbocycles. The van der Waals surface area contributed by atoms with E-state index < -0.39 is 0 Å². The number of nitrogens with one attached hydrogen (secondary N) is 1. The fourth-order valence-electron chi connectivity index (χ4n) is 1.78. The normalized spacial score (nSPS) is 35.4. The van der Waals surface area contributed by atoms with Crippen LogP contribution in [0.1, 0.15) is 12.8 Å². The lowest BCUT2D eigenvalue weighted by atomic mass is 9.84. The number of hydrogen-bond donors (Lipinski definition) is 1. The Morgan fingerprint density at radius 1 is 1.20 bits per heavy atom. The summed E-state index contributed by atoms with van der Waals surface area (Å²) in [5.74, 6) is 1.80. The van der Waals surface area contributed by atoms with Crippen LogP contribution in [-0.2, 0) is 4.74 Å². The van der Waals surface area contributed by atoms with Crippen molar-refractivity contribution in [2.45, 2.75) is 12.8 Å². The van der Waals surface area contributed by atoms with Crippen molar-refractivity contribution in [1.29, 1.82) is 0 Å². The van der Waals surface area contributed by atoms with Crippen molar-refractivity contribution in [2.24, 2.45) is 11.8 Å². The Morgan fingerprint density at radius 2 is 2.10 bits per heavy atom. The van der Waals surface area contributed by atoms with Gasteiger partial charge in [0.15, 0.2) is 0 Å². The number of ether oxygens (including phenoxy) is 1. The van der Waals surface area contributed by atoms with E-state index in [1.54, 1.807) is 0 Å². The zero-order valence-corrected chi connectivity index (χ0v) is 6.31. The molecule has 0 aliphatic carbocycles. The van der Waals surface area contributed by atoms with Crippen LogP contribution in [0.5, 0.6) is 0 Å². The Labute approximate surface area is 61.9 Å². The average molecular weight is 141 g/mol. The second kappa shape index (κ2) is 2.89. The van der Waals surface area contributed by atoms with Crippen molar-refractivity contribution in [3.05, 3.63) is 0 Å². The molecule has 0 aromatic carbocycles. The minimum absolute atomic E-state index is 0.870. The van der Waals surface area contributed by atoms with E-state index in [0.29, 0.717) is 0 Å². The smallest absolute Gasteiger partial charge is 0.0497 e. The van der Waals surface area contributed by atoms with Gasteiger partial charge < -0.3 is 10.1 Å². The minimum Gasteiger partial charge on any atom is -0.381 e. The zero-order chi connectivity index (χ0) is 6.81. The van der Waals surface area contributed by atoms with E-state index in [1.807, 2.05) is 0 Å². The number of rotatable bonds is 1. The van der Waals surface area contributed by atoms with Crippen LogP contribution in [0, 0.1) is 11.8 Å². The highest BCUT2D eigenvalue weighted by molar-refractivity contribution is 4.82. The highest BCUT2D eigenvalue weighted by Crippen LogP contribution is 2.24. The van der Waals surface area contributed by atoms with E-state index >= 15 is 0 Å². The predicted octanol–water partition coefficient (Wildman–Crippen LogP) is 0.632. The maximum Gasteiger partial charge on any atom is 0.0497 e. The van der Waals surface area contributed by atoms with Gasteiger partial charge in [-0.05, 0) is 37.8 Å². The minimum atomic E-state index is 0.870. The summed E-state index contributed by atoms with van der Waals surface area (Å²) in [4.78, 5) is 0. The predicted molar refractivity (Wildman–Crippen MR) is 39.9 cm³/mol. The molecule has 1 N–H and O–H groups in total. The molecular formula is C8H15NO.